The number of anilines is 2. The van der Waals surface area contributed by atoms with Gasteiger partial charge < -0.3 is 11.1 Å². The van der Waals surface area contributed by atoms with E-state index in [1.807, 2.05) is 58.7 Å². The minimum Gasteiger partial charge on any atom is -0.397 e. The lowest BCUT2D eigenvalue weighted by Gasteiger charge is -2.28. The van der Waals surface area contributed by atoms with Crippen LogP contribution in [-0.4, -0.2) is 38.9 Å². The molecule has 3 N–H and O–H groups in total. The molecule has 186 valence electrons. The highest BCUT2D eigenvalue weighted by atomic mass is 32.1. The van der Waals surface area contributed by atoms with E-state index in [4.69, 9.17) is 5.73 Å². The predicted molar refractivity (Wildman–Crippen MR) is 151 cm³/mol. The van der Waals surface area contributed by atoms with Crippen LogP contribution in [0.5, 0.6) is 0 Å². The molecule has 0 radical (unpaired) electrons. The summed E-state index contributed by atoms with van der Waals surface area (Å²) in [5, 5.41) is 13.7. The van der Waals surface area contributed by atoms with Gasteiger partial charge in [0.25, 0.3) is 5.91 Å². The Labute approximate surface area is 223 Å². The van der Waals surface area contributed by atoms with E-state index < -0.39 is 0 Å². The van der Waals surface area contributed by atoms with Crippen molar-refractivity contribution in [1.29, 1.82) is 0 Å². The maximum absolute atomic E-state index is 13.0. The van der Waals surface area contributed by atoms with Crippen LogP contribution in [0.3, 0.4) is 0 Å². The van der Waals surface area contributed by atoms with Crippen LogP contribution in [0.4, 0.5) is 11.4 Å². The van der Waals surface area contributed by atoms with E-state index >= 15 is 0 Å². The predicted octanol–water partition coefficient (Wildman–Crippen LogP) is 5.63. The number of benzene rings is 2. The SMILES string of the molecule is Nc1ccc(-c2cccs2)cc1NC(=O)c1ccc(-c2cn(CCN3CCc4ccccc4C3)nn2)s1. The molecule has 0 aliphatic carbocycles. The van der Waals surface area contributed by atoms with Crippen molar-refractivity contribution in [2.45, 2.75) is 19.5 Å². The van der Waals surface area contributed by atoms with Gasteiger partial charge in [-0.2, -0.15) is 0 Å². The summed E-state index contributed by atoms with van der Waals surface area (Å²) in [7, 11) is 0. The van der Waals surface area contributed by atoms with Gasteiger partial charge in [0.2, 0.25) is 0 Å². The van der Waals surface area contributed by atoms with E-state index in [1.54, 1.807) is 11.3 Å². The second-order valence-electron chi connectivity index (χ2n) is 9.06. The Balaban J connectivity index is 1.09. The molecule has 1 aliphatic rings. The summed E-state index contributed by atoms with van der Waals surface area (Å²) in [6, 6.07) is 22.2. The third-order valence-corrected chi connectivity index (χ3v) is 8.61. The van der Waals surface area contributed by atoms with E-state index in [-0.39, 0.29) is 5.91 Å². The Morgan fingerprint density at radius 3 is 2.76 bits per heavy atom. The van der Waals surface area contributed by atoms with Gasteiger partial charge in [0.05, 0.1) is 33.9 Å². The van der Waals surface area contributed by atoms with E-state index in [2.05, 4.69) is 44.8 Å². The van der Waals surface area contributed by atoms with E-state index in [1.165, 1.54) is 22.5 Å². The molecule has 0 unspecified atom stereocenters. The van der Waals surface area contributed by atoms with Gasteiger partial charge in [-0.3, -0.25) is 14.4 Å². The van der Waals surface area contributed by atoms with Crippen molar-refractivity contribution in [3.05, 3.63) is 94.3 Å². The zero-order chi connectivity index (χ0) is 25.2. The van der Waals surface area contributed by atoms with Gasteiger partial charge in [0.1, 0.15) is 5.69 Å². The van der Waals surface area contributed by atoms with Crippen molar-refractivity contribution in [1.82, 2.24) is 19.9 Å². The van der Waals surface area contributed by atoms with Crippen LogP contribution in [0, 0.1) is 0 Å². The highest BCUT2D eigenvalue weighted by molar-refractivity contribution is 7.17. The van der Waals surface area contributed by atoms with Crippen LogP contribution < -0.4 is 11.1 Å². The maximum Gasteiger partial charge on any atom is 0.265 e. The Hall–Kier alpha value is -3.79. The first-order valence-electron chi connectivity index (χ1n) is 12.2. The molecule has 0 fully saturated rings. The van der Waals surface area contributed by atoms with Gasteiger partial charge in [-0.25, -0.2) is 0 Å². The Morgan fingerprint density at radius 1 is 1.00 bits per heavy atom. The second-order valence-corrected chi connectivity index (χ2v) is 11.1. The van der Waals surface area contributed by atoms with Crippen LogP contribution in [0.1, 0.15) is 20.8 Å². The molecule has 2 aromatic carbocycles. The number of rotatable bonds is 7. The molecule has 3 aromatic heterocycles. The number of nitrogens with zero attached hydrogens (tertiary/aromatic N) is 4. The van der Waals surface area contributed by atoms with Crippen molar-refractivity contribution in [3.8, 4) is 21.0 Å². The smallest absolute Gasteiger partial charge is 0.265 e. The summed E-state index contributed by atoms with van der Waals surface area (Å²) < 4.78 is 1.88. The van der Waals surface area contributed by atoms with E-state index in [0.29, 0.717) is 16.3 Å². The molecular formula is C28H26N6OS2. The standard InChI is InChI=1S/C28H26N6OS2/c29-22-8-7-20(25-6-3-15-36-25)16-23(22)30-28(35)27-10-9-26(37-27)24-18-34(32-31-24)14-13-33-12-11-19-4-1-2-5-21(19)17-33/h1-10,15-16,18H,11-14,17,29H2,(H,30,35). The number of nitrogens with two attached hydrogens (primary N) is 1. The minimum absolute atomic E-state index is 0.191. The van der Waals surface area contributed by atoms with Gasteiger partial charge >= 0.3 is 0 Å². The molecule has 1 amide bonds. The van der Waals surface area contributed by atoms with Crippen molar-refractivity contribution in [2.75, 3.05) is 24.1 Å². The molecule has 0 bridgehead atoms. The summed E-state index contributed by atoms with van der Waals surface area (Å²) in [5.74, 6) is -0.191. The number of nitrogens with one attached hydrogen (secondary N) is 1. The molecular weight excluding hydrogens is 500 g/mol. The molecule has 4 heterocycles. The average Bonchev–Trinajstić information content (AvgIpc) is 3.70. The summed E-state index contributed by atoms with van der Waals surface area (Å²) in [6.45, 7) is 3.72. The Bertz CT molecular complexity index is 1540. The molecule has 1 aliphatic heterocycles. The average molecular weight is 527 g/mol. The number of aromatic nitrogens is 3. The first kappa shape index (κ1) is 23.6. The number of nitrogen functional groups attached to an aromatic ring is 1. The summed E-state index contributed by atoms with van der Waals surface area (Å²) in [5.41, 5.74) is 11.9. The second kappa shape index (κ2) is 10.3. The van der Waals surface area contributed by atoms with Gasteiger partial charge in [0, 0.05) is 24.5 Å². The Morgan fingerprint density at radius 2 is 1.89 bits per heavy atom. The molecule has 0 saturated carbocycles. The topological polar surface area (TPSA) is 89.1 Å². The van der Waals surface area contributed by atoms with Crippen LogP contribution >= 0.6 is 22.7 Å². The van der Waals surface area contributed by atoms with E-state index in [0.717, 1.165) is 53.6 Å². The monoisotopic (exact) mass is 526 g/mol. The van der Waals surface area contributed by atoms with Crippen LogP contribution in [-0.2, 0) is 19.5 Å². The molecule has 7 nitrogen and oxygen atoms in total. The van der Waals surface area contributed by atoms with Gasteiger partial charge in [0.15, 0.2) is 0 Å². The van der Waals surface area contributed by atoms with Crippen molar-refractivity contribution in [2.24, 2.45) is 0 Å². The zero-order valence-electron chi connectivity index (χ0n) is 20.1. The van der Waals surface area contributed by atoms with Gasteiger partial charge in [-0.1, -0.05) is 41.6 Å². The fourth-order valence-electron chi connectivity index (χ4n) is 4.55. The molecule has 0 saturated heterocycles. The van der Waals surface area contributed by atoms with Crippen molar-refractivity contribution < 1.29 is 4.79 Å². The van der Waals surface area contributed by atoms with Crippen molar-refractivity contribution in [3.63, 3.8) is 0 Å². The number of hydrogen-bond donors (Lipinski definition) is 2. The first-order valence-corrected chi connectivity index (χ1v) is 13.9. The van der Waals surface area contributed by atoms with Gasteiger partial charge in [-0.05, 0) is 58.8 Å². The summed E-state index contributed by atoms with van der Waals surface area (Å²) in [6.07, 6.45) is 3.04. The lowest BCUT2D eigenvalue weighted by Crippen LogP contribution is -2.33. The number of carbonyl (C=O) groups is 1. The zero-order valence-corrected chi connectivity index (χ0v) is 21.8. The molecule has 9 heteroatoms. The lowest BCUT2D eigenvalue weighted by atomic mass is 10.00. The van der Waals surface area contributed by atoms with Crippen LogP contribution in [0.15, 0.2) is 78.3 Å². The number of amides is 1. The number of thiophene rings is 2. The number of carbonyl (C=O) groups excluding carboxylic acids is 1. The van der Waals surface area contributed by atoms with Crippen molar-refractivity contribution >= 4 is 40.0 Å². The number of hydrogen-bond acceptors (Lipinski definition) is 7. The Kier molecular flexibility index (Phi) is 6.57. The fraction of sp³-hybridized carbons (Fsp3) is 0.179. The summed E-state index contributed by atoms with van der Waals surface area (Å²) >= 11 is 3.04. The van der Waals surface area contributed by atoms with Crippen LogP contribution in [0.25, 0.3) is 21.0 Å². The molecule has 37 heavy (non-hydrogen) atoms. The quantitative estimate of drug-likeness (QED) is 0.268. The van der Waals surface area contributed by atoms with Crippen LogP contribution in [0.2, 0.25) is 0 Å². The molecule has 0 spiro atoms. The normalized spacial score (nSPS) is 13.4. The first-order chi connectivity index (χ1) is 18.1. The lowest BCUT2D eigenvalue weighted by molar-refractivity contribution is 0.103. The third kappa shape index (κ3) is 5.20. The third-order valence-electron chi connectivity index (χ3n) is 6.58. The minimum atomic E-state index is -0.191. The summed E-state index contributed by atoms with van der Waals surface area (Å²) in [4.78, 5) is 18.1. The largest absolute Gasteiger partial charge is 0.397 e. The highest BCUT2D eigenvalue weighted by Crippen LogP contribution is 2.32. The fourth-order valence-corrected chi connectivity index (χ4v) is 6.13. The molecule has 0 atom stereocenters. The number of fused-ring (bicyclic) bond motifs is 1. The maximum atomic E-state index is 13.0. The van der Waals surface area contributed by atoms with Gasteiger partial charge in [-0.15, -0.1) is 27.8 Å². The molecule has 5 aromatic rings. The molecule has 6 rings (SSSR count). The highest BCUT2D eigenvalue weighted by Gasteiger charge is 2.17. The van der Waals surface area contributed by atoms with E-state index in [9.17, 15) is 4.79 Å².